The number of carbonyl (C=O) groups is 2. The first-order chi connectivity index (χ1) is 16.0. The molecule has 3 aromatic carbocycles. The first kappa shape index (κ1) is 21.8. The Bertz CT molecular complexity index is 1300. The molecule has 0 aliphatic rings. The van der Waals surface area contributed by atoms with Gasteiger partial charge in [-0.25, -0.2) is 15.2 Å². The second-order valence-corrected chi connectivity index (χ2v) is 7.43. The van der Waals surface area contributed by atoms with Gasteiger partial charge in [0, 0.05) is 16.6 Å². The number of carbonyl (C=O) groups excluding carboxylic acids is 2. The zero-order valence-electron chi connectivity index (χ0n) is 18.4. The Morgan fingerprint density at radius 1 is 0.909 bits per heavy atom. The molecule has 33 heavy (non-hydrogen) atoms. The normalized spacial score (nSPS) is 10.5. The van der Waals surface area contributed by atoms with Gasteiger partial charge < -0.3 is 10.1 Å². The SMILES string of the molecule is CCOc1cccc(-c2cc(C(=O)NNC(=O)Nc3ccc(C)cc3)c3ccccc3n2)c1. The lowest BCUT2D eigenvalue weighted by atomic mass is 10.0. The number of amides is 3. The predicted molar refractivity (Wildman–Crippen MR) is 129 cm³/mol. The summed E-state index contributed by atoms with van der Waals surface area (Å²) in [4.78, 5) is 29.9. The van der Waals surface area contributed by atoms with Gasteiger partial charge in [0.15, 0.2) is 0 Å². The molecule has 166 valence electrons. The average Bonchev–Trinajstić information content (AvgIpc) is 2.83. The molecule has 1 heterocycles. The summed E-state index contributed by atoms with van der Waals surface area (Å²) in [5, 5.41) is 3.36. The summed E-state index contributed by atoms with van der Waals surface area (Å²) in [5.74, 6) is 0.278. The molecule has 1 aromatic heterocycles. The second-order valence-electron chi connectivity index (χ2n) is 7.43. The molecule has 0 aliphatic carbocycles. The highest BCUT2D eigenvalue weighted by Gasteiger charge is 2.15. The number of anilines is 1. The van der Waals surface area contributed by atoms with Crippen LogP contribution >= 0.6 is 0 Å². The lowest BCUT2D eigenvalue weighted by Crippen LogP contribution is -2.44. The third-order valence-corrected chi connectivity index (χ3v) is 5.00. The third kappa shape index (κ3) is 5.27. The van der Waals surface area contributed by atoms with Gasteiger partial charge in [0.25, 0.3) is 5.91 Å². The van der Waals surface area contributed by atoms with E-state index in [1.807, 2.05) is 74.5 Å². The number of aryl methyl sites for hydroxylation is 1. The van der Waals surface area contributed by atoms with Crippen LogP contribution in [0.5, 0.6) is 5.75 Å². The Hall–Kier alpha value is -4.39. The highest BCUT2D eigenvalue weighted by molar-refractivity contribution is 6.07. The lowest BCUT2D eigenvalue weighted by molar-refractivity contribution is 0.0939. The number of benzene rings is 3. The van der Waals surface area contributed by atoms with Gasteiger partial charge in [-0.3, -0.25) is 10.2 Å². The molecule has 0 fully saturated rings. The minimum absolute atomic E-state index is 0.396. The van der Waals surface area contributed by atoms with E-state index in [9.17, 15) is 9.59 Å². The molecule has 3 N–H and O–H groups in total. The monoisotopic (exact) mass is 440 g/mol. The summed E-state index contributed by atoms with van der Waals surface area (Å²) >= 11 is 0. The molecule has 0 aliphatic heterocycles. The minimum Gasteiger partial charge on any atom is -0.494 e. The number of nitrogens with zero attached hydrogens (tertiary/aromatic N) is 1. The van der Waals surface area contributed by atoms with Crippen molar-refractivity contribution in [2.45, 2.75) is 13.8 Å². The maximum absolute atomic E-state index is 13.0. The molecule has 0 saturated heterocycles. The smallest absolute Gasteiger partial charge is 0.337 e. The summed E-state index contributed by atoms with van der Waals surface area (Å²) in [5.41, 5.74) is 9.11. The number of para-hydroxylation sites is 1. The van der Waals surface area contributed by atoms with Gasteiger partial charge >= 0.3 is 6.03 Å². The number of hydrogen-bond acceptors (Lipinski definition) is 4. The fourth-order valence-corrected chi connectivity index (χ4v) is 3.40. The van der Waals surface area contributed by atoms with Crippen LogP contribution in [0.25, 0.3) is 22.2 Å². The topological polar surface area (TPSA) is 92.4 Å². The maximum Gasteiger partial charge on any atom is 0.337 e. The van der Waals surface area contributed by atoms with Crippen molar-refractivity contribution in [3.63, 3.8) is 0 Å². The van der Waals surface area contributed by atoms with E-state index < -0.39 is 11.9 Å². The third-order valence-electron chi connectivity index (χ3n) is 5.00. The van der Waals surface area contributed by atoms with Gasteiger partial charge in [-0.1, -0.05) is 48.0 Å². The number of ether oxygens (including phenoxy) is 1. The highest BCUT2D eigenvalue weighted by atomic mass is 16.5. The second kappa shape index (κ2) is 9.82. The average molecular weight is 441 g/mol. The van der Waals surface area contributed by atoms with Crippen LogP contribution in [0.3, 0.4) is 0 Å². The van der Waals surface area contributed by atoms with Gasteiger partial charge in [-0.05, 0) is 50.2 Å². The summed E-state index contributed by atoms with van der Waals surface area (Å²) in [7, 11) is 0. The largest absolute Gasteiger partial charge is 0.494 e. The predicted octanol–water partition coefficient (Wildman–Crippen LogP) is 5.08. The van der Waals surface area contributed by atoms with Gasteiger partial charge in [-0.15, -0.1) is 0 Å². The van der Waals surface area contributed by atoms with E-state index in [4.69, 9.17) is 9.72 Å². The van der Waals surface area contributed by atoms with Crippen molar-refractivity contribution in [1.82, 2.24) is 15.8 Å². The van der Waals surface area contributed by atoms with Crippen LogP contribution in [0, 0.1) is 6.92 Å². The summed E-state index contributed by atoms with van der Waals surface area (Å²) < 4.78 is 5.59. The van der Waals surface area contributed by atoms with Crippen LogP contribution in [0.2, 0.25) is 0 Å². The number of urea groups is 1. The number of hydrogen-bond donors (Lipinski definition) is 3. The number of fused-ring (bicyclic) bond motifs is 1. The van der Waals surface area contributed by atoms with E-state index >= 15 is 0 Å². The number of pyridine rings is 1. The molecular formula is C26H24N4O3. The van der Waals surface area contributed by atoms with Crippen LogP contribution < -0.4 is 20.9 Å². The van der Waals surface area contributed by atoms with Crippen LogP contribution in [0.1, 0.15) is 22.8 Å². The van der Waals surface area contributed by atoms with Gasteiger partial charge in [0.05, 0.1) is 23.4 Å². The Kier molecular flexibility index (Phi) is 6.50. The van der Waals surface area contributed by atoms with E-state index in [-0.39, 0.29) is 0 Å². The molecule has 0 saturated carbocycles. The number of aromatic nitrogens is 1. The zero-order valence-corrected chi connectivity index (χ0v) is 18.4. The van der Waals surface area contributed by atoms with Crippen LogP contribution in [-0.2, 0) is 0 Å². The first-order valence-corrected chi connectivity index (χ1v) is 10.6. The summed E-state index contributed by atoms with van der Waals surface area (Å²) in [6.07, 6.45) is 0. The molecule has 0 atom stereocenters. The van der Waals surface area contributed by atoms with Gasteiger partial charge in [-0.2, -0.15) is 0 Å². The van der Waals surface area contributed by atoms with E-state index in [0.29, 0.717) is 34.5 Å². The Labute approximate surface area is 191 Å². The molecule has 3 amide bonds. The minimum atomic E-state index is -0.546. The van der Waals surface area contributed by atoms with E-state index in [0.717, 1.165) is 16.9 Å². The highest BCUT2D eigenvalue weighted by Crippen LogP contribution is 2.27. The van der Waals surface area contributed by atoms with Crippen molar-refractivity contribution in [3.8, 4) is 17.0 Å². The van der Waals surface area contributed by atoms with Crippen molar-refractivity contribution in [2.24, 2.45) is 0 Å². The van der Waals surface area contributed by atoms with E-state index in [2.05, 4.69) is 16.2 Å². The lowest BCUT2D eigenvalue weighted by Gasteiger charge is -2.12. The Balaban J connectivity index is 1.57. The van der Waals surface area contributed by atoms with Crippen LogP contribution in [-0.4, -0.2) is 23.5 Å². The van der Waals surface area contributed by atoms with E-state index in [1.165, 1.54) is 0 Å². The van der Waals surface area contributed by atoms with Crippen molar-refractivity contribution < 1.29 is 14.3 Å². The number of hydrazine groups is 1. The first-order valence-electron chi connectivity index (χ1n) is 10.6. The van der Waals surface area contributed by atoms with Crippen molar-refractivity contribution in [3.05, 3.63) is 90.0 Å². The number of rotatable bonds is 5. The summed E-state index contributed by atoms with van der Waals surface area (Å²) in [6, 6.07) is 23.4. The Morgan fingerprint density at radius 2 is 1.70 bits per heavy atom. The Morgan fingerprint density at radius 3 is 2.48 bits per heavy atom. The van der Waals surface area contributed by atoms with Gasteiger partial charge in [0.2, 0.25) is 0 Å². The van der Waals surface area contributed by atoms with Crippen molar-refractivity contribution in [1.29, 1.82) is 0 Å². The standard InChI is InChI=1S/C26H24N4O3/c1-3-33-20-8-6-7-18(15-20)24-16-22(21-9-4-5-10-23(21)28-24)25(31)29-30-26(32)27-19-13-11-17(2)12-14-19/h4-16H,3H2,1-2H3,(H,29,31)(H2,27,30,32). The molecule has 4 aromatic rings. The molecular weight excluding hydrogens is 416 g/mol. The molecule has 0 radical (unpaired) electrons. The molecule has 0 unspecified atom stereocenters. The molecule has 7 nitrogen and oxygen atoms in total. The van der Waals surface area contributed by atoms with Crippen molar-refractivity contribution >= 4 is 28.5 Å². The molecule has 0 bridgehead atoms. The van der Waals surface area contributed by atoms with Crippen LogP contribution in [0.15, 0.2) is 78.9 Å². The van der Waals surface area contributed by atoms with E-state index in [1.54, 1.807) is 18.2 Å². The summed E-state index contributed by atoms with van der Waals surface area (Å²) in [6.45, 7) is 4.44. The van der Waals surface area contributed by atoms with Gasteiger partial charge in [0.1, 0.15) is 5.75 Å². The maximum atomic E-state index is 13.0. The molecule has 7 heteroatoms. The quantitative estimate of drug-likeness (QED) is 0.378. The fourth-order valence-electron chi connectivity index (χ4n) is 3.40. The number of nitrogens with one attached hydrogen (secondary N) is 3. The van der Waals surface area contributed by atoms with Crippen molar-refractivity contribution in [2.75, 3.05) is 11.9 Å². The van der Waals surface area contributed by atoms with Crippen LogP contribution in [0.4, 0.5) is 10.5 Å². The zero-order chi connectivity index (χ0) is 23.2. The molecule has 4 rings (SSSR count). The molecule has 0 spiro atoms. The fraction of sp³-hybridized carbons (Fsp3) is 0.115.